The van der Waals surface area contributed by atoms with Gasteiger partial charge in [-0.15, -0.1) is 0 Å². The van der Waals surface area contributed by atoms with E-state index in [2.05, 4.69) is 6.92 Å². The molecule has 14 heteroatoms. The van der Waals surface area contributed by atoms with E-state index >= 15 is 0 Å². The second-order valence-electron chi connectivity index (χ2n) is 10.4. The van der Waals surface area contributed by atoms with Gasteiger partial charge >= 0.3 is 0 Å². The van der Waals surface area contributed by atoms with Crippen molar-refractivity contribution >= 4 is 0 Å². The Balaban J connectivity index is 1.59. The highest BCUT2D eigenvalue weighted by Crippen LogP contribution is 2.13. The fourth-order valence-electron chi connectivity index (χ4n) is 3.85. The Hall–Kier alpha value is -0.560. The monoisotopic (exact) mass is 686 g/mol. The van der Waals surface area contributed by atoms with Gasteiger partial charge in [0.15, 0.2) is 6.29 Å². The minimum atomic E-state index is -0.0653. The van der Waals surface area contributed by atoms with E-state index in [1.165, 1.54) is 6.42 Å². The number of hydrogen-bond donors (Lipinski definition) is 0. The average Bonchev–Trinajstić information content (AvgIpc) is 3.09. The molecule has 0 spiro atoms. The van der Waals surface area contributed by atoms with Crippen molar-refractivity contribution in [3.8, 4) is 0 Å². The summed E-state index contributed by atoms with van der Waals surface area (Å²) in [6.07, 6.45) is 5.43. The van der Waals surface area contributed by atoms with Crippen molar-refractivity contribution in [2.24, 2.45) is 0 Å². The molecule has 0 aromatic carbocycles. The van der Waals surface area contributed by atoms with Gasteiger partial charge < -0.3 is 66.3 Å². The molecule has 0 radical (unpaired) electrons. The predicted octanol–water partition coefficient (Wildman–Crippen LogP) is 2.53. The molecular weight excluding hydrogens is 620 g/mol. The fourth-order valence-corrected chi connectivity index (χ4v) is 3.85. The van der Waals surface area contributed by atoms with Gasteiger partial charge in [0.05, 0.1) is 159 Å². The predicted molar refractivity (Wildman–Crippen MR) is 174 cm³/mol. The van der Waals surface area contributed by atoms with Gasteiger partial charge in [-0.1, -0.05) is 13.3 Å². The Morgan fingerprint density at radius 1 is 0.362 bits per heavy atom. The van der Waals surface area contributed by atoms with Crippen LogP contribution in [-0.4, -0.2) is 178 Å². The standard InChI is InChI=1S/C33H66O14/c1-2-3-7-34-9-10-35-11-12-36-13-14-37-15-16-38-17-18-39-19-20-40-21-22-41-23-24-42-25-26-43-27-28-44-29-30-45-31-32-47-33-6-4-5-8-46-33/h33H,2-32H2,1H3. The lowest BCUT2D eigenvalue weighted by atomic mass is 10.2. The normalized spacial score (nSPS) is 15.1. The third-order valence-corrected chi connectivity index (χ3v) is 6.40. The lowest BCUT2D eigenvalue weighted by Gasteiger charge is -2.22. The van der Waals surface area contributed by atoms with E-state index in [9.17, 15) is 0 Å². The molecule has 1 unspecified atom stereocenters. The highest BCUT2D eigenvalue weighted by molar-refractivity contribution is 4.53. The van der Waals surface area contributed by atoms with Crippen LogP contribution in [0.5, 0.6) is 0 Å². The van der Waals surface area contributed by atoms with Crippen molar-refractivity contribution in [3.05, 3.63) is 0 Å². The molecule has 1 fully saturated rings. The van der Waals surface area contributed by atoms with Crippen LogP contribution in [0.25, 0.3) is 0 Å². The summed E-state index contributed by atoms with van der Waals surface area (Å²) in [4.78, 5) is 0. The fraction of sp³-hybridized carbons (Fsp3) is 1.00. The smallest absolute Gasteiger partial charge is 0.157 e. The van der Waals surface area contributed by atoms with Gasteiger partial charge in [0.1, 0.15) is 0 Å². The summed E-state index contributed by atoms with van der Waals surface area (Å²) in [5, 5.41) is 0. The molecule has 282 valence electrons. The van der Waals surface area contributed by atoms with Gasteiger partial charge in [-0.2, -0.15) is 0 Å². The molecule has 1 saturated heterocycles. The third-order valence-electron chi connectivity index (χ3n) is 6.40. The molecule has 0 aliphatic carbocycles. The van der Waals surface area contributed by atoms with E-state index in [1.807, 2.05) is 0 Å². The van der Waals surface area contributed by atoms with Gasteiger partial charge in [-0.25, -0.2) is 0 Å². The van der Waals surface area contributed by atoms with Crippen molar-refractivity contribution in [2.45, 2.75) is 45.3 Å². The minimum Gasteiger partial charge on any atom is -0.379 e. The van der Waals surface area contributed by atoms with Crippen molar-refractivity contribution in [3.63, 3.8) is 0 Å². The first kappa shape index (κ1) is 44.5. The molecule has 0 aromatic rings. The molecular formula is C33H66O14. The first-order valence-corrected chi connectivity index (χ1v) is 17.6. The maximum Gasteiger partial charge on any atom is 0.157 e. The van der Waals surface area contributed by atoms with Gasteiger partial charge in [-0.05, 0) is 25.7 Å². The number of rotatable bonds is 40. The summed E-state index contributed by atoms with van der Waals surface area (Å²) in [5.41, 5.74) is 0. The molecule has 0 bridgehead atoms. The number of hydrogen-bond acceptors (Lipinski definition) is 14. The quantitative estimate of drug-likeness (QED) is 0.0876. The molecule has 1 atom stereocenters. The molecule has 0 N–H and O–H groups in total. The highest BCUT2D eigenvalue weighted by atomic mass is 16.7. The summed E-state index contributed by atoms with van der Waals surface area (Å²) in [6.45, 7) is 16.6. The molecule has 1 aliphatic heterocycles. The zero-order valence-electron chi connectivity index (χ0n) is 29.2. The van der Waals surface area contributed by atoms with Gasteiger partial charge in [-0.3, -0.25) is 0 Å². The first-order chi connectivity index (χ1) is 23.4. The Morgan fingerprint density at radius 2 is 0.638 bits per heavy atom. The van der Waals surface area contributed by atoms with Gasteiger partial charge in [0, 0.05) is 13.2 Å². The Labute approximate surface area is 283 Å². The number of unbranched alkanes of at least 4 members (excludes halogenated alkanes) is 1. The van der Waals surface area contributed by atoms with Crippen molar-refractivity contribution in [1.82, 2.24) is 0 Å². The Morgan fingerprint density at radius 3 is 0.894 bits per heavy atom. The third kappa shape index (κ3) is 36.5. The zero-order valence-corrected chi connectivity index (χ0v) is 29.2. The van der Waals surface area contributed by atoms with Crippen LogP contribution in [0.4, 0.5) is 0 Å². The molecule has 0 saturated carbocycles. The second kappa shape index (κ2) is 39.9. The maximum absolute atomic E-state index is 5.61. The van der Waals surface area contributed by atoms with Crippen LogP contribution in [-0.2, 0) is 66.3 Å². The Bertz CT molecular complexity index is 571. The van der Waals surface area contributed by atoms with Gasteiger partial charge in [0.25, 0.3) is 0 Å². The molecule has 47 heavy (non-hydrogen) atoms. The van der Waals surface area contributed by atoms with Crippen molar-refractivity contribution in [1.29, 1.82) is 0 Å². The van der Waals surface area contributed by atoms with E-state index in [4.69, 9.17) is 66.3 Å². The highest BCUT2D eigenvalue weighted by Gasteiger charge is 2.13. The molecule has 14 nitrogen and oxygen atoms in total. The Kier molecular flexibility index (Phi) is 37.7. The van der Waals surface area contributed by atoms with Crippen LogP contribution in [0, 0.1) is 0 Å². The SMILES string of the molecule is CCCCOCCOCCOCCOCCOCCOCCOCCOCCOCCOCCOCCOCCOC1CCCCO1. The molecule has 0 aromatic heterocycles. The van der Waals surface area contributed by atoms with Crippen LogP contribution in [0.15, 0.2) is 0 Å². The summed E-state index contributed by atoms with van der Waals surface area (Å²) >= 11 is 0. The van der Waals surface area contributed by atoms with Crippen LogP contribution in [0.3, 0.4) is 0 Å². The van der Waals surface area contributed by atoms with E-state index in [-0.39, 0.29) is 6.29 Å². The zero-order chi connectivity index (χ0) is 33.4. The summed E-state index contributed by atoms with van der Waals surface area (Å²) < 4.78 is 76.8. The second-order valence-corrected chi connectivity index (χ2v) is 10.4. The molecule has 0 amide bonds. The van der Waals surface area contributed by atoms with E-state index < -0.39 is 0 Å². The summed E-state index contributed by atoms with van der Waals surface area (Å²) in [7, 11) is 0. The van der Waals surface area contributed by atoms with Crippen molar-refractivity contribution in [2.75, 3.05) is 172 Å². The van der Waals surface area contributed by atoms with Crippen LogP contribution < -0.4 is 0 Å². The van der Waals surface area contributed by atoms with Crippen LogP contribution >= 0.6 is 0 Å². The lowest BCUT2D eigenvalue weighted by molar-refractivity contribution is -0.169. The average molecular weight is 687 g/mol. The van der Waals surface area contributed by atoms with Gasteiger partial charge in [0.2, 0.25) is 0 Å². The largest absolute Gasteiger partial charge is 0.379 e. The minimum absolute atomic E-state index is 0.0653. The van der Waals surface area contributed by atoms with Crippen molar-refractivity contribution < 1.29 is 66.3 Å². The lowest BCUT2D eigenvalue weighted by Crippen LogP contribution is -2.24. The number of ether oxygens (including phenoxy) is 14. The van der Waals surface area contributed by atoms with Crippen LogP contribution in [0.2, 0.25) is 0 Å². The van der Waals surface area contributed by atoms with Crippen LogP contribution in [0.1, 0.15) is 39.0 Å². The van der Waals surface area contributed by atoms with E-state index in [1.54, 1.807) is 0 Å². The maximum atomic E-state index is 5.61. The van der Waals surface area contributed by atoms with E-state index in [0.29, 0.717) is 159 Å². The molecule has 1 aliphatic rings. The summed E-state index contributed by atoms with van der Waals surface area (Å²) in [5.74, 6) is 0. The topological polar surface area (TPSA) is 129 Å². The summed E-state index contributed by atoms with van der Waals surface area (Å²) in [6, 6.07) is 0. The van der Waals surface area contributed by atoms with E-state index in [0.717, 1.165) is 38.9 Å². The first-order valence-electron chi connectivity index (χ1n) is 17.6. The molecule has 1 heterocycles. The molecule has 1 rings (SSSR count).